The molecule has 39 heavy (non-hydrogen) atoms. The van der Waals surface area contributed by atoms with Gasteiger partial charge in [0.05, 0.1) is 42.7 Å². The maximum absolute atomic E-state index is 13.5. The molecule has 1 N–H and O–H groups in total. The number of aliphatic hydroxyl groups excluding tert-OH is 1. The van der Waals surface area contributed by atoms with E-state index in [1.54, 1.807) is 49.6 Å². The first-order valence-electron chi connectivity index (χ1n) is 12.4. The van der Waals surface area contributed by atoms with Crippen molar-refractivity contribution in [3.05, 3.63) is 77.6 Å². The topological polar surface area (TPSA) is 111 Å². The summed E-state index contributed by atoms with van der Waals surface area (Å²) in [5, 5.41) is 11.6. The molecule has 1 saturated heterocycles. The summed E-state index contributed by atoms with van der Waals surface area (Å²) in [4.78, 5) is 37.0. The Balaban J connectivity index is 1.68. The van der Waals surface area contributed by atoms with Gasteiger partial charge in [0, 0.05) is 18.0 Å². The fourth-order valence-electron chi connectivity index (χ4n) is 4.43. The van der Waals surface area contributed by atoms with E-state index in [-0.39, 0.29) is 11.3 Å². The summed E-state index contributed by atoms with van der Waals surface area (Å²) in [5.41, 5.74) is 1.53. The van der Waals surface area contributed by atoms with E-state index in [1.165, 1.54) is 35.7 Å². The first kappa shape index (κ1) is 26.2. The molecule has 200 valence electrons. The molecule has 9 nitrogen and oxygen atoms in total. The lowest BCUT2D eigenvalue weighted by molar-refractivity contribution is -0.132. The van der Waals surface area contributed by atoms with Gasteiger partial charge in [0.25, 0.3) is 5.78 Å². The number of rotatable bonds is 9. The number of hydrogen-bond acceptors (Lipinski definition) is 9. The molecule has 0 spiro atoms. The molecule has 5 rings (SSSR count). The number of aromatic nitrogens is 2. The summed E-state index contributed by atoms with van der Waals surface area (Å²) in [6, 6.07) is 12.8. The third-order valence-corrected chi connectivity index (χ3v) is 7.46. The van der Waals surface area contributed by atoms with Crippen molar-refractivity contribution in [2.24, 2.45) is 0 Å². The van der Waals surface area contributed by atoms with Crippen molar-refractivity contribution in [3.8, 4) is 17.2 Å². The molecule has 10 heteroatoms. The van der Waals surface area contributed by atoms with Gasteiger partial charge >= 0.3 is 5.91 Å². The predicted octanol–water partition coefficient (Wildman–Crippen LogP) is 5.51. The van der Waals surface area contributed by atoms with E-state index in [0.717, 1.165) is 17.5 Å². The number of carbonyl (C=O) groups is 2. The highest BCUT2D eigenvalue weighted by atomic mass is 32.1. The van der Waals surface area contributed by atoms with Crippen LogP contribution in [0.1, 0.15) is 36.9 Å². The van der Waals surface area contributed by atoms with Crippen molar-refractivity contribution in [2.45, 2.75) is 25.8 Å². The van der Waals surface area contributed by atoms with E-state index in [0.29, 0.717) is 45.6 Å². The van der Waals surface area contributed by atoms with Crippen molar-refractivity contribution >= 4 is 44.1 Å². The summed E-state index contributed by atoms with van der Waals surface area (Å²) < 4.78 is 17.6. The van der Waals surface area contributed by atoms with Crippen molar-refractivity contribution in [3.63, 3.8) is 0 Å². The molecule has 0 saturated carbocycles. The van der Waals surface area contributed by atoms with E-state index < -0.39 is 17.7 Å². The SMILES string of the molecule is CCCCOc1ccc(C2C(=C(O)c3ccncc3)C(=O)C(=O)N2c2nc3ccc(OC)cc3s2)cc1OC. The van der Waals surface area contributed by atoms with Crippen LogP contribution < -0.4 is 19.1 Å². The van der Waals surface area contributed by atoms with Crippen LogP contribution in [0.5, 0.6) is 17.2 Å². The molecule has 0 aliphatic carbocycles. The van der Waals surface area contributed by atoms with E-state index in [2.05, 4.69) is 16.9 Å². The van der Waals surface area contributed by atoms with E-state index in [4.69, 9.17) is 14.2 Å². The lowest BCUT2D eigenvalue weighted by Gasteiger charge is -2.24. The van der Waals surface area contributed by atoms with E-state index >= 15 is 0 Å². The molecule has 1 amide bonds. The smallest absolute Gasteiger partial charge is 0.301 e. The number of hydrogen-bond donors (Lipinski definition) is 1. The van der Waals surface area contributed by atoms with Gasteiger partial charge in [-0.1, -0.05) is 30.7 Å². The van der Waals surface area contributed by atoms with Gasteiger partial charge in [0.15, 0.2) is 16.6 Å². The fourth-order valence-corrected chi connectivity index (χ4v) is 5.45. The minimum atomic E-state index is -0.959. The second-order valence-electron chi connectivity index (χ2n) is 8.85. The molecule has 2 aromatic heterocycles. The number of ketones is 1. The number of ether oxygens (including phenoxy) is 3. The minimum Gasteiger partial charge on any atom is -0.507 e. The molecular weight excluding hydrogens is 518 g/mol. The van der Waals surface area contributed by atoms with Crippen LogP contribution in [0.3, 0.4) is 0 Å². The van der Waals surface area contributed by atoms with Crippen LogP contribution in [0.15, 0.2) is 66.5 Å². The minimum absolute atomic E-state index is 0.0512. The van der Waals surface area contributed by atoms with Gasteiger partial charge in [-0.25, -0.2) is 4.98 Å². The lowest BCUT2D eigenvalue weighted by Crippen LogP contribution is -2.29. The highest BCUT2D eigenvalue weighted by Crippen LogP contribution is 2.46. The van der Waals surface area contributed by atoms with Gasteiger partial charge in [0.1, 0.15) is 11.5 Å². The number of pyridine rings is 1. The lowest BCUT2D eigenvalue weighted by atomic mass is 9.95. The number of methoxy groups -OCH3 is 2. The Labute approximate surface area is 229 Å². The first-order valence-corrected chi connectivity index (χ1v) is 13.2. The summed E-state index contributed by atoms with van der Waals surface area (Å²) in [6.45, 7) is 2.61. The van der Waals surface area contributed by atoms with Gasteiger partial charge in [-0.05, 0) is 54.4 Å². The van der Waals surface area contributed by atoms with Crippen LogP contribution in [0.4, 0.5) is 5.13 Å². The maximum Gasteiger partial charge on any atom is 0.301 e. The summed E-state index contributed by atoms with van der Waals surface area (Å²) >= 11 is 1.26. The van der Waals surface area contributed by atoms with Crippen LogP contribution in [-0.2, 0) is 9.59 Å². The number of unbranched alkanes of at least 4 members (excludes halogenated alkanes) is 1. The van der Waals surface area contributed by atoms with Crippen LogP contribution in [0.2, 0.25) is 0 Å². The third kappa shape index (κ3) is 4.90. The monoisotopic (exact) mass is 545 g/mol. The first-order chi connectivity index (χ1) is 19.0. The molecule has 1 aliphatic heterocycles. The second kappa shape index (κ2) is 11.1. The predicted molar refractivity (Wildman–Crippen MR) is 149 cm³/mol. The largest absolute Gasteiger partial charge is 0.507 e. The highest BCUT2D eigenvalue weighted by Gasteiger charge is 2.48. The van der Waals surface area contributed by atoms with Crippen molar-refractivity contribution < 1.29 is 28.9 Å². The molecule has 2 aromatic carbocycles. The molecule has 0 bridgehead atoms. The Bertz CT molecular complexity index is 1570. The number of nitrogens with zero attached hydrogens (tertiary/aromatic N) is 3. The Morgan fingerprint density at radius 1 is 1.03 bits per heavy atom. The number of thiazole rings is 1. The normalized spacial score (nSPS) is 16.6. The molecule has 3 heterocycles. The third-order valence-electron chi connectivity index (χ3n) is 6.45. The zero-order valence-corrected chi connectivity index (χ0v) is 22.5. The van der Waals surface area contributed by atoms with Gasteiger partial charge in [-0.15, -0.1) is 0 Å². The van der Waals surface area contributed by atoms with Crippen LogP contribution >= 0.6 is 11.3 Å². The number of amides is 1. The van der Waals surface area contributed by atoms with E-state index in [9.17, 15) is 14.7 Å². The number of fused-ring (bicyclic) bond motifs is 1. The molecule has 4 aromatic rings. The maximum atomic E-state index is 13.5. The second-order valence-corrected chi connectivity index (χ2v) is 9.86. The van der Waals surface area contributed by atoms with Crippen molar-refractivity contribution in [1.82, 2.24) is 9.97 Å². The Morgan fingerprint density at radius 3 is 2.54 bits per heavy atom. The average molecular weight is 546 g/mol. The number of anilines is 1. The molecular formula is C29H27N3O6S. The van der Waals surface area contributed by atoms with Gasteiger partial charge in [0.2, 0.25) is 0 Å². The fraction of sp³-hybridized carbons (Fsp3) is 0.241. The summed E-state index contributed by atoms with van der Waals surface area (Å²) in [6.07, 6.45) is 4.89. The van der Waals surface area contributed by atoms with Crippen LogP contribution in [-0.4, -0.2) is 47.6 Å². The Morgan fingerprint density at radius 2 is 1.82 bits per heavy atom. The summed E-state index contributed by atoms with van der Waals surface area (Å²) in [5.74, 6) is -0.247. The molecule has 0 radical (unpaired) electrons. The molecule has 1 unspecified atom stereocenters. The molecule has 1 fully saturated rings. The van der Waals surface area contributed by atoms with E-state index in [1.807, 2.05) is 6.07 Å². The average Bonchev–Trinajstić information content (AvgIpc) is 3.50. The van der Waals surface area contributed by atoms with Gasteiger partial charge in [-0.3, -0.25) is 19.5 Å². The van der Waals surface area contributed by atoms with Crippen molar-refractivity contribution in [1.29, 1.82) is 0 Å². The van der Waals surface area contributed by atoms with Gasteiger partial charge < -0.3 is 19.3 Å². The standard InChI is InChI=1S/C29H27N3O6S/c1-4-5-14-38-21-9-6-18(15-22(21)37-3)25-24(26(33)17-10-12-30-13-11-17)27(34)28(35)32(25)29-31-20-8-7-19(36-2)16-23(20)39-29/h6-13,15-16,25,33H,4-5,14H2,1-3H3. The Kier molecular flexibility index (Phi) is 7.47. The van der Waals surface area contributed by atoms with Gasteiger partial charge in [-0.2, -0.15) is 0 Å². The van der Waals surface area contributed by atoms with Crippen LogP contribution in [0.25, 0.3) is 16.0 Å². The number of benzene rings is 2. The molecule has 1 atom stereocenters. The quantitative estimate of drug-likeness (QED) is 0.127. The molecule has 1 aliphatic rings. The zero-order chi connectivity index (χ0) is 27.5. The highest BCUT2D eigenvalue weighted by molar-refractivity contribution is 7.22. The Hall–Kier alpha value is -4.44. The summed E-state index contributed by atoms with van der Waals surface area (Å²) in [7, 11) is 3.10. The van der Waals surface area contributed by atoms with Crippen molar-refractivity contribution in [2.75, 3.05) is 25.7 Å². The zero-order valence-electron chi connectivity index (χ0n) is 21.7. The number of Topliss-reactive ketones (excluding diaryl/α,β-unsaturated/α-hetero) is 1. The number of carbonyl (C=O) groups excluding carboxylic acids is 2. The van der Waals surface area contributed by atoms with Crippen LogP contribution in [0, 0.1) is 0 Å². The number of aliphatic hydroxyl groups is 1.